The number of hydrogen-bond acceptors (Lipinski definition) is 3. The Kier molecular flexibility index (Phi) is 4.64. The van der Waals surface area contributed by atoms with Crippen LogP contribution in [-0.4, -0.2) is 28.8 Å². The minimum absolute atomic E-state index is 0.0817. The molecule has 2 amide bonds. The minimum atomic E-state index is -5.36. The summed E-state index contributed by atoms with van der Waals surface area (Å²) < 4.78 is 54.6. The summed E-state index contributed by atoms with van der Waals surface area (Å²) in [5.74, 6) is -4.00. The number of hydrogen-bond donors (Lipinski definition) is 3. The highest BCUT2D eigenvalue weighted by Gasteiger charge is 2.66. The van der Waals surface area contributed by atoms with Gasteiger partial charge in [0.25, 0.3) is 0 Å². The van der Waals surface area contributed by atoms with Gasteiger partial charge in [-0.2, -0.15) is 13.2 Å². The lowest BCUT2D eigenvalue weighted by Gasteiger charge is -2.45. The van der Waals surface area contributed by atoms with Crippen molar-refractivity contribution < 1.29 is 32.3 Å². The van der Waals surface area contributed by atoms with E-state index in [1.54, 1.807) is 6.07 Å². The highest BCUT2D eigenvalue weighted by Crippen LogP contribution is 2.43. The molecule has 3 N–H and O–H groups in total. The van der Waals surface area contributed by atoms with Crippen LogP contribution in [0.25, 0.3) is 0 Å². The van der Waals surface area contributed by atoms with Crippen molar-refractivity contribution in [3.05, 3.63) is 71.5 Å². The smallest absolute Gasteiger partial charge is 0.363 e. The summed E-state index contributed by atoms with van der Waals surface area (Å²) in [6, 6.07) is 8.58. The molecule has 5 nitrogen and oxygen atoms in total. The van der Waals surface area contributed by atoms with Gasteiger partial charge in [0.2, 0.25) is 5.72 Å². The second-order valence-corrected chi connectivity index (χ2v) is 6.10. The van der Waals surface area contributed by atoms with Crippen LogP contribution >= 0.6 is 0 Å². The second kappa shape index (κ2) is 6.66. The van der Waals surface area contributed by atoms with Crippen LogP contribution in [0.1, 0.15) is 22.0 Å². The van der Waals surface area contributed by atoms with Crippen LogP contribution in [-0.2, 0) is 0 Å². The molecule has 27 heavy (non-hydrogen) atoms. The Morgan fingerprint density at radius 3 is 2.33 bits per heavy atom. The Bertz CT molecular complexity index is 872. The number of carbonyl (C=O) groups is 2. The first kappa shape index (κ1) is 18.8. The molecule has 0 unspecified atom stereocenters. The number of amides is 2. The molecule has 1 heterocycles. The van der Waals surface area contributed by atoms with Gasteiger partial charge in [-0.3, -0.25) is 4.79 Å². The van der Waals surface area contributed by atoms with E-state index >= 15 is 0 Å². The summed E-state index contributed by atoms with van der Waals surface area (Å²) in [7, 11) is 0. The molecule has 0 bridgehead atoms. The molecule has 3 rings (SSSR count). The number of benzene rings is 2. The van der Waals surface area contributed by atoms with Crippen LogP contribution < -0.4 is 10.6 Å². The van der Waals surface area contributed by atoms with E-state index in [9.17, 15) is 32.3 Å². The summed E-state index contributed by atoms with van der Waals surface area (Å²) in [6.07, 6.45) is -5.36. The van der Waals surface area contributed by atoms with Gasteiger partial charge < -0.3 is 15.7 Å². The fourth-order valence-corrected chi connectivity index (χ4v) is 3.10. The lowest BCUT2D eigenvalue weighted by molar-refractivity contribution is -0.287. The first-order valence-electron chi connectivity index (χ1n) is 7.86. The highest BCUT2D eigenvalue weighted by atomic mass is 19.4. The van der Waals surface area contributed by atoms with Crippen LogP contribution in [0.3, 0.4) is 0 Å². The van der Waals surface area contributed by atoms with Crippen LogP contribution in [0.15, 0.2) is 54.6 Å². The van der Waals surface area contributed by atoms with Gasteiger partial charge in [0.15, 0.2) is 5.78 Å². The number of Topliss-reactive ketones (excluding diaryl/α,β-unsaturated/α-hetero) is 1. The normalized spacial score (nSPS) is 25.4. The largest absolute Gasteiger partial charge is 0.437 e. The topological polar surface area (TPSA) is 78.4 Å². The van der Waals surface area contributed by atoms with Gasteiger partial charge in [-0.1, -0.05) is 42.5 Å². The molecule has 0 radical (unpaired) electrons. The number of aliphatic hydroxyl groups is 1. The maximum absolute atomic E-state index is 13.7. The van der Waals surface area contributed by atoms with Gasteiger partial charge in [0.1, 0.15) is 11.7 Å². The summed E-state index contributed by atoms with van der Waals surface area (Å²) >= 11 is 0. The van der Waals surface area contributed by atoms with E-state index in [0.717, 1.165) is 12.1 Å². The number of halogens is 4. The van der Waals surface area contributed by atoms with Crippen LogP contribution in [0.5, 0.6) is 0 Å². The zero-order chi connectivity index (χ0) is 19.8. The van der Waals surface area contributed by atoms with Gasteiger partial charge >= 0.3 is 12.2 Å². The van der Waals surface area contributed by atoms with Gasteiger partial charge in [0, 0.05) is 5.56 Å². The predicted octanol–water partition coefficient (Wildman–Crippen LogP) is 2.93. The molecule has 2 aromatic carbocycles. The van der Waals surface area contributed by atoms with E-state index in [0.29, 0.717) is 0 Å². The molecule has 1 fully saturated rings. The van der Waals surface area contributed by atoms with Gasteiger partial charge in [0.05, 0.1) is 6.04 Å². The van der Waals surface area contributed by atoms with E-state index in [1.165, 1.54) is 41.7 Å². The van der Waals surface area contributed by atoms with Crippen molar-refractivity contribution in [2.75, 3.05) is 0 Å². The standard InChI is InChI=1S/C18H14F4N2O3/c19-12-8-4-7-11(9-12)14-13(15(25)10-5-2-1-3-6-10)17(27,18(20,21)22)24-16(26)23-14/h1-9,13-14,27H,(H2,23,24,26)/t13-,14+,17-/m1/s1. The Morgan fingerprint density at radius 2 is 1.74 bits per heavy atom. The van der Waals surface area contributed by atoms with E-state index in [4.69, 9.17) is 0 Å². The molecule has 2 aromatic rings. The molecule has 0 aliphatic carbocycles. The van der Waals surface area contributed by atoms with E-state index in [1.807, 2.05) is 0 Å². The number of carbonyl (C=O) groups excluding carboxylic acids is 2. The Morgan fingerprint density at radius 1 is 1.07 bits per heavy atom. The van der Waals surface area contributed by atoms with Crippen LogP contribution in [0.4, 0.5) is 22.4 Å². The summed E-state index contributed by atoms with van der Waals surface area (Å²) in [5, 5.41) is 14.0. The first-order chi connectivity index (χ1) is 12.6. The molecule has 1 saturated heterocycles. The fourth-order valence-electron chi connectivity index (χ4n) is 3.10. The zero-order valence-corrected chi connectivity index (χ0v) is 13.6. The third-order valence-electron chi connectivity index (χ3n) is 4.35. The van der Waals surface area contributed by atoms with E-state index < -0.39 is 41.5 Å². The van der Waals surface area contributed by atoms with E-state index in [2.05, 4.69) is 5.32 Å². The minimum Gasteiger partial charge on any atom is -0.363 e. The third-order valence-corrected chi connectivity index (χ3v) is 4.35. The Labute approximate surface area is 151 Å². The number of ketones is 1. The number of urea groups is 1. The Balaban J connectivity index is 2.17. The van der Waals surface area contributed by atoms with Gasteiger partial charge in [-0.15, -0.1) is 0 Å². The molecule has 0 saturated carbocycles. The van der Waals surface area contributed by atoms with Crippen molar-refractivity contribution in [2.24, 2.45) is 5.92 Å². The number of nitrogens with one attached hydrogen (secondary N) is 2. The molecule has 9 heteroatoms. The van der Waals surface area contributed by atoms with Crippen LogP contribution in [0, 0.1) is 11.7 Å². The van der Waals surface area contributed by atoms with Crippen molar-refractivity contribution in [3.8, 4) is 0 Å². The summed E-state index contributed by atoms with van der Waals surface area (Å²) in [4.78, 5) is 24.7. The molecule has 1 aliphatic rings. The van der Waals surface area contributed by atoms with Crippen molar-refractivity contribution in [1.82, 2.24) is 10.6 Å². The van der Waals surface area contributed by atoms with Gasteiger partial charge in [-0.05, 0) is 17.7 Å². The number of alkyl halides is 3. The van der Waals surface area contributed by atoms with E-state index in [-0.39, 0.29) is 11.1 Å². The third kappa shape index (κ3) is 3.37. The SMILES string of the molecule is O=C1N[C@@H](c2cccc(F)c2)[C@H](C(=O)c2ccccc2)[C@@](O)(C(F)(F)F)N1. The summed E-state index contributed by atoms with van der Waals surface area (Å²) in [5.41, 5.74) is -4.01. The highest BCUT2D eigenvalue weighted by molar-refractivity contribution is 6.00. The van der Waals surface area contributed by atoms with Crippen molar-refractivity contribution in [1.29, 1.82) is 0 Å². The van der Waals surface area contributed by atoms with Crippen molar-refractivity contribution in [2.45, 2.75) is 17.9 Å². The predicted molar refractivity (Wildman–Crippen MR) is 86.1 cm³/mol. The number of rotatable bonds is 3. The molecule has 142 valence electrons. The molecular weight excluding hydrogens is 368 g/mol. The second-order valence-electron chi connectivity index (χ2n) is 6.10. The molecule has 1 aliphatic heterocycles. The lowest BCUT2D eigenvalue weighted by Crippen LogP contribution is -2.72. The monoisotopic (exact) mass is 382 g/mol. The zero-order valence-electron chi connectivity index (χ0n) is 13.6. The fraction of sp³-hybridized carbons (Fsp3) is 0.222. The van der Waals surface area contributed by atoms with Gasteiger partial charge in [-0.25, -0.2) is 9.18 Å². The first-order valence-corrected chi connectivity index (χ1v) is 7.86. The molecule has 3 atom stereocenters. The lowest BCUT2D eigenvalue weighted by atomic mass is 9.77. The summed E-state index contributed by atoms with van der Waals surface area (Å²) in [6.45, 7) is 0. The maximum Gasteiger partial charge on any atom is 0.437 e. The van der Waals surface area contributed by atoms with Crippen LogP contribution in [0.2, 0.25) is 0 Å². The van der Waals surface area contributed by atoms with Crippen molar-refractivity contribution in [3.63, 3.8) is 0 Å². The molecule has 0 spiro atoms. The van der Waals surface area contributed by atoms with Crippen molar-refractivity contribution >= 4 is 11.8 Å². The molecule has 0 aromatic heterocycles. The maximum atomic E-state index is 13.7. The average Bonchev–Trinajstić information content (AvgIpc) is 2.60. The molecular formula is C18H14F4N2O3. The quantitative estimate of drug-likeness (QED) is 0.564. The average molecular weight is 382 g/mol. The Hall–Kier alpha value is -2.94.